The normalized spacial score (nSPS) is 25.1. The van der Waals surface area contributed by atoms with Crippen molar-refractivity contribution in [1.29, 1.82) is 0 Å². The van der Waals surface area contributed by atoms with Crippen LogP contribution in [-0.4, -0.2) is 48.9 Å². The molecule has 2 aliphatic heterocycles. The van der Waals surface area contributed by atoms with Crippen molar-refractivity contribution in [2.24, 2.45) is 5.92 Å². The zero-order valence-electron chi connectivity index (χ0n) is 14.6. The standard InChI is InChI=1S/C19H25N3O2.ClH/c1-21(18(23)13-6-7-13)17-5-3-2-4-16(17)19(24)22-14-8-9-15(22)12-20-11-10-14;/h2-5,13-15,20H,6-12H2,1H3;1H. The summed E-state index contributed by atoms with van der Waals surface area (Å²) in [6.07, 6.45) is 5.13. The predicted octanol–water partition coefficient (Wildman–Crippen LogP) is 2.45. The minimum absolute atomic E-state index is 0. The molecule has 2 unspecified atom stereocenters. The predicted molar refractivity (Wildman–Crippen MR) is 100 cm³/mol. The lowest BCUT2D eigenvalue weighted by Crippen LogP contribution is -2.43. The van der Waals surface area contributed by atoms with Gasteiger partial charge in [0.2, 0.25) is 5.91 Å². The maximum Gasteiger partial charge on any atom is 0.256 e. The second-order valence-corrected chi connectivity index (χ2v) is 7.28. The molecule has 2 atom stereocenters. The van der Waals surface area contributed by atoms with Gasteiger partial charge in [0, 0.05) is 31.6 Å². The van der Waals surface area contributed by atoms with E-state index in [9.17, 15) is 9.59 Å². The van der Waals surface area contributed by atoms with Crippen molar-refractivity contribution < 1.29 is 9.59 Å². The number of nitrogens with one attached hydrogen (secondary N) is 1. The zero-order chi connectivity index (χ0) is 16.7. The first-order valence-corrected chi connectivity index (χ1v) is 9.07. The zero-order valence-corrected chi connectivity index (χ0v) is 15.4. The summed E-state index contributed by atoms with van der Waals surface area (Å²) in [5.41, 5.74) is 1.41. The Balaban J connectivity index is 0.00000182. The number of hydrogen-bond donors (Lipinski definition) is 1. The highest BCUT2D eigenvalue weighted by Crippen LogP contribution is 2.35. The Morgan fingerprint density at radius 1 is 1.08 bits per heavy atom. The molecular weight excluding hydrogens is 338 g/mol. The van der Waals surface area contributed by atoms with Gasteiger partial charge < -0.3 is 15.1 Å². The number of fused-ring (bicyclic) bond motifs is 2. The Kier molecular flexibility index (Phi) is 5.35. The SMILES string of the molecule is CN(C(=O)C1CC1)c1ccccc1C(=O)N1C2CCNCC1CC2.Cl. The van der Waals surface area contributed by atoms with E-state index in [-0.39, 0.29) is 36.2 Å². The number of carbonyl (C=O) groups excluding carboxylic acids is 2. The number of hydrogen-bond acceptors (Lipinski definition) is 3. The maximum absolute atomic E-state index is 13.3. The number of nitrogens with zero attached hydrogens (tertiary/aromatic N) is 2. The quantitative estimate of drug-likeness (QED) is 0.897. The van der Waals surface area contributed by atoms with Crippen LogP contribution in [0.3, 0.4) is 0 Å². The third kappa shape index (κ3) is 3.40. The monoisotopic (exact) mass is 363 g/mol. The van der Waals surface area contributed by atoms with Gasteiger partial charge >= 0.3 is 0 Å². The summed E-state index contributed by atoms with van der Waals surface area (Å²) in [7, 11) is 1.80. The van der Waals surface area contributed by atoms with Crippen molar-refractivity contribution in [2.45, 2.75) is 44.2 Å². The average Bonchev–Trinajstić information content (AvgIpc) is 3.38. The Hall–Kier alpha value is -1.59. The van der Waals surface area contributed by atoms with E-state index < -0.39 is 0 Å². The highest BCUT2D eigenvalue weighted by Gasteiger charge is 2.40. The molecule has 2 saturated heterocycles. The molecule has 2 bridgehead atoms. The molecule has 25 heavy (non-hydrogen) atoms. The molecule has 2 heterocycles. The van der Waals surface area contributed by atoms with Crippen molar-refractivity contribution in [2.75, 3.05) is 25.0 Å². The molecule has 0 aromatic heterocycles. The van der Waals surface area contributed by atoms with Crippen molar-refractivity contribution >= 4 is 29.9 Å². The smallest absolute Gasteiger partial charge is 0.256 e. The van der Waals surface area contributed by atoms with E-state index >= 15 is 0 Å². The van der Waals surface area contributed by atoms with Gasteiger partial charge in [-0.1, -0.05) is 12.1 Å². The van der Waals surface area contributed by atoms with E-state index in [4.69, 9.17) is 0 Å². The van der Waals surface area contributed by atoms with Crippen molar-refractivity contribution in [3.05, 3.63) is 29.8 Å². The summed E-state index contributed by atoms with van der Waals surface area (Å²) in [4.78, 5) is 29.5. The van der Waals surface area contributed by atoms with E-state index in [1.165, 1.54) is 0 Å². The summed E-state index contributed by atoms with van der Waals surface area (Å²) in [6.45, 7) is 1.86. The van der Waals surface area contributed by atoms with E-state index in [1.807, 2.05) is 24.3 Å². The number of anilines is 1. The second kappa shape index (κ2) is 7.34. The fourth-order valence-electron chi connectivity index (χ4n) is 4.12. The number of halogens is 1. The van der Waals surface area contributed by atoms with E-state index in [0.717, 1.165) is 50.9 Å². The van der Waals surface area contributed by atoms with Gasteiger partial charge in [0.15, 0.2) is 0 Å². The topological polar surface area (TPSA) is 52.7 Å². The van der Waals surface area contributed by atoms with Crippen molar-refractivity contribution in [3.63, 3.8) is 0 Å². The molecule has 1 aromatic carbocycles. The lowest BCUT2D eigenvalue weighted by molar-refractivity contribution is -0.119. The molecule has 3 fully saturated rings. The number of benzene rings is 1. The Morgan fingerprint density at radius 2 is 1.80 bits per heavy atom. The maximum atomic E-state index is 13.3. The first kappa shape index (κ1) is 18.2. The van der Waals surface area contributed by atoms with Crippen LogP contribution in [0.1, 0.15) is 42.5 Å². The molecule has 1 aromatic rings. The number of carbonyl (C=O) groups is 2. The van der Waals surface area contributed by atoms with Crippen LogP contribution < -0.4 is 10.2 Å². The van der Waals surface area contributed by atoms with Crippen molar-refractivity contribution in [3.8, 4) is 0 Å². The van der Waals surface area contributed by atoms with Crippen LogP contribution in [-0.2, 0) is 4.79 Å². The van der Waals surface area contributed by atoms with Gasteiger partial charge in [-0.05, 0) is 50.8 Å². The van der Waals surface area contributed by atoms with Gasteiger partial charge in [-0.3, -0.25) is 9.59 Å². The molecule has 136 valence electrons. The Labute approximate surface area is 155 Å². The molecular formula is C19H26ClN3O2. The van der Waals surface area contributed by atoms with Crippen LogP contribution in [0.25, 0.3) is 0 Å². The molecule has 1 N–H and O–H groups in total. The van der Waals surface area contributed by atoms with Gasteiger partial charge in [-0.25, -0.2) is 0 Å². The Bertz CT molecular complexity index is 648. The number of para-hydroxylation sites is 1. The minimum atomic E-state index is 0. The lowest BCUT2D eigenvalue weighted by atomic mass is 10.1. The van der Waals surface area contributed by atoms with Gasteiger partial charge in [-0.2, -0.15) is 0 Å². The second-order valence-electron chi connectivity index (χ2n) is 7.28. The Morgan fingerprint density at radius 3 is 2.56 bits per heavy atom. The van der Waals surface area contributed by atoms with Crippen LogP contribution in [0.2, 0.25) is 0 Å². The largest absolute Gasteiger partial charge is 0.331 e. The molecule has 6 heteroatoms. The van der Waals surface area contributed by atoms with Crippen LogP contribution >= 0.6 is 12.4 Å². The molecule has 1 saturated carbocycles. The summed E-state index contributed by atoms with van der Waals surface area (Å²) < 4.78 is 0. The van der Waals surface area contributed by atoms with E-state index in [1.54, 1.807) is 11.9 Å². The van der Waals surface area contributed by atoms with Gasteiger partial charge in [0.1, 0.15) is 0 Å². The minimum Gasteiger partial charge on any atom is -0.331 e. The van der Waals surface area contributed by atoms with Crippen LogP contribution in [0, 0.1) is 5.92 Å². The van der Waals surface area contributed by atoms with Gasteiger partial charge in [0.05, 0.1) is 11.3 Å². The molecule has 1 aliphatic carbocycles. The fraction of sp³-hybridized carbons (Fsp3) is 0.579. The molecule has 5 nitrogen and oxygen atoms in total. The number of rotatable bonds is 3. The molecule has 0 radical (unpaired) electrons. The van der Waals surface area contributed by atoms with E-state index in [0.29, 0.717) is 11.6 Å². The summed E-state index contributed by atoms with van der Waals surface area (Å²) in [6, 6.07) is 8.17. The average molecular weight is 364 g/mol. The summed E-state index contributed by atoms with van der Waals surface area (Å²) in [5.74, 6) is 0.365. The lowest BCUT2D eigenvalue weighted by Gasteiger charge is -2.30. The van der Waals surface area contributed by atoms with Gasteiger partial charge in [-0.15, -0.1) is 12.4 Å². The van der Waals surface area contributed by atoms with Gasteiger partial charge in [0.25, 0.3) is 5.91 Å². The highest BCUT2D eigenvalue weighted by molar-refractivity contribution is 6.05. The van der Waals surface area contributed by atoms with E-state index in [2.05, 4.69) is 10.2 Å². The molecule has 3 aliphatic rings. The van der Waals surface area contributed by atoms with Crippen molar-refractivity contribution in [1.82, 2.24) is 10.2 Å². The van der Waals surface area contributed by atoms with Crippen LogP contribution in [0.5, 0.6) is 0 Å². The van der Waals surface area contributed by atoms with Crippen LogP contribution in [0.4, 0.5) is 5.69 Å². The molecule has 2 amide bonds. The van der Waals surface area contributed by atoms with Crippen LogP contribution in [0.15, 0.2) is 24.3 Å². The summed E-state index contributed by atoms with van der Waals surface area (Å²) in [5, 5.41) is 3.44. The first-order chi connectivity index (χ1) is 11.7. The molecule has 0 spiro atoms. The third-order valence-electron chi connectivity index (χ3n) is 5.64. The third-order valence-corrected chi connectivity index (χ3v) is 5.64. The number of amides is 2. The highest BCUT2D eigenvalue weighted by atomic mass is 35.5. The fourth-order valence-corrected chi connectivity index (χ4v) is 4.12. The first-order valence-electron chi connectivity index (χ1n) is 9.07. The summed E-state index contributed by atoms with van der Waals surface area (Å²) >= 11 is 0. The molecule has 4 rings (SSSR count).